The molecule has 4 amide bonds. The van der Waals surface area contributed by atoms with E-state index in [9.17, 15) is 23.6 Å². The number of halogens is 1. The van der Waals surface area contributed by atoms with Crippen molar-refractivity contribution in [2.24, 2.45) is 0 Å². The normalized spacial score (nSPS) is 17.6. The monoisotopic (exact) mass is 1040 g/mol. The maximum Gasteiger partial charge on any atom is 0.260 e. The van der Waals surface area contributed by atoms with Crippen molar-refractivity contribution < 1.29 is 56.7 Å². The zero-order valence-corrected chi connectivity index (χ0v) is 45.2. The average Bonchev–Trinajstić information content (AvgIpc) is 3.98. The number of methoxy groups -OCH3 is 3. The standard InChI is InChI=1S/C54H66FN5O11Si2/c1-65-46-16-13-35(23-41(46)55)37-25-45-54(64)60(33-69-20-22-73(7,8)9)43-29-50(48(67-3)27-40(43)52(62)58(45)31-37)71-18-10-17-70-49-28-42-39(26-47(49)66-2)51(61)57-30-36(34-11-14-38(56)15-12-34)24-44(57)53(63)59(42)32-68-19-21-72(4,5)6/h11-16,23,26-31,44-45H,10,17-22,24-25,32-33,56H2,1-9H3/t44-,45-/m0/s1. The molecule has 4 heterocycles. The molecule has 388 valence electrons. The van der Waals surface area contributed by atoms with E-state index in [1.165, 1.54) is 53.1 Å². The molecular formula is C54H66FN5O11Si2. The van der Waals surface area contributed by atoms with E-state index in [4.69, 9.17) is 38.9 Å². The first-order chi connectivity index (χ1) is 34.8. The number of carbonyl (C=O) groups excluding carboxylic acids is 4. The Morgan fingerprint density at radius 3 is 1.42 bits per heavy atom. The molecule has 2 atom stereocenters. The molecule has 0 fully saturated rings. The number of amides is 4. The van der Waals surface area contributed by atoms with Gasteiger partial charge in [-0.05, 0) is 70.8 Å². The largest absolute Gasteiger partial charge is 0.494 e. The van der Waals surface area contributed by atoms with Crippen LogP contribution in [0, 0.1) is 5.82 Å². The first kappa shape index (κ1) is 52.6. The second-order valence-corrected chi connectivity index (χ2v) is 32.2. The van der Waals surface area contributed by atoms with Gasteiger partial charge in [-0.1, -0.05) is 57.5 Å². The first-order valence-electron chi connectivity index (χ1n) is 24.5. The van der Waals surface area contributed by atoms with E-state index in [1.54, 1.807) is 54.9 Å². The number of anilines is 3. The van der Waals surface area contributed by atoms with Gasteiger partial charge in [0.15, 0.2) is 34.6 Å². The molecule has 0 unspecified atom stereocenters. The summed E-state index contributed by atoms with van der Waals surface area (Å²) in [5.41, 5.74) is 10.6. The van der Waals surface area contributed by atoms with Crippen LogP contribution in [0.5, 0.6) is 28.7 Å². The highest BCUT2D eigenvalue weighted by molar-refractivity contribution is 6.76. The summed E-state index contributed by atoms with van der Waals surface area (Å²) in [5, 5.41) is 0. The quantitative estimate of drug-likeness (QED) is 0.0478. The lowest BCUT2D eigenvalue weighted by molar-refractivity contribution is -0.123. The molecular weight excluding hydrogens is 970 g/mol. The second kappa shape index (κ2) is 21.8. The Morgan fingerprint density at radius 2 is 1.00 bits per heavy atom. The Balaban J connectivity index is 1.02. The number of fused-ring (bicyclic) bond motifs is 4. The van der Waals surface area contributed by atoms with Gasteiger partial charge < -0.3 is 48.7 Å². The molecule has 0 bridgehead atoms. The predicted octanol–water partition coefficient (Wildman–Crippen LogP) is 9.11. The molecule has 4 aliphatic heterocycles. The zero-order valence-electron chi connectivity index (χ0n) is 43.2. The molecule has 0 saturated carbocycles. The molecule has 2 N–H and O–H groups in total. The van der Waals surface area contributed by atoms with Gasteiger partial charge in [-0.3, -0.25) is 29.0 Å². The summed E-state index contributed by atoms with van der Waals surface area (Å²) in [7, 11) is 1.40. The Hall–Kier alpha value is -6.68. The number of hydrogen-bond donors (Lipinski definition) is 1. The maximum absolute atomic E-state index is 14.8. The zero-order chi connectivity index (χ0) is 52.4. The minimum Gasteiger partial charge on any atom is -0.494 e. The van der Waals surface area contributed by atoms with Crippen molar-refractivity contribution in [3.63, 3.8) is 0 Å². The Bertz CT molecular complexity index is 2830. The summed E-state index contributed by atoms with van der Waals surface area (Å²) in [6.07, 6.45) is 4.17. The summed E-state index contributed by atoms with van der Waals surface area (Å²) < 4.78 is 56.5. The molecule has 0 aromatic heterocycles. The van der Waals surface area contributed by atoms with Gasteiger partial charge in [0, 0.05) is 78.8 Å². The minimum absolute atomic E-state index is 0.0616. The van der Waals surface area contributed by atoms with Crippen molar-refractivity contribution in [1.82, 2.24) is 9.80 Å². The number of carbonyl (C=O) groups is 4. The Kier molecular flexibility index (Phi) is 15.7. The third-order valence-corrected chi connectivity index (χ3v) is 16.7. The van der Waals surface area contributed by atoms with E-state index in [-0.39, 0.29) is 73.4 Å². The van der Waals surface area contributed by atoms with Crippen LogP contribution in [0.15, 0.2) is 79.1 Å². The van der Waals surface area contributed by atoms with E-state index in [0.29, 0.717) is 71.5 Å². The molecule has 8 rings (SSSR count). The van der Waals surface area contributed by atoms with Crippen molar-refractivity contribution >= 4 is 68.0 Å². The van der Waals surface area contributed by atoms with Crippen LogP contribution in [0.3, 0.4) is 0 Å². The average molecular weight is 1040 g/mol. The summed E-state index contributed by atoms with van der Waals surface area (Å²) in [5.74, 6) is -0.735. The molecule has 4 aromatic rings. The molecule has 73 heavy (non-hydrogen) atoms. The van der Waals surface area contributed by atoms with E-state index >= 15 is 0 Å². The molecule has 0 saturated heterocycles. The lowest BCUT2D eigenvalue weighted by Gasteiger charge is -2.27. The molecule has 0 spiro atoms. The third kappa shape index (κ3) is 11.6. The summed E-state index contributed by atoms with van der Waals surface area (Å²) in [6.45, 7) is 14.5. The number of nitrogens with two attached hydrogens (primary N) is 1. The summed E-state index contributed by atoms with van der Waals surface area (Å²) in [4.78, 5) is 64.0. The van der Waals surface area contributed by atoms with Crippen LogP contribution in [-0.2, 0) is 19.1 Å². The molecule has 0 aliphatic carbocycles. The van der Waals surface area contributed by atoms with Gasteiger partial charge in [0.05, 0.1) is 57.0 Å². The van der Waals surface area contributed by atoms with Crippen LogP contribution in [0.1, 0.15) is 51.1 Å². The van der Waals surface area contributed by atoms with Crippen molar-refractivity contribution in [3.05, 3.63) is 107 Å². The van der Waals surface area contributed by atoms with Gasteiger partial charge in [-0.15, -0.1) is 0 Å². The highest BCUT2D eigenvalue weighted by Gasteiger charge is 2.45. The fourth-order valence-electron chi connectivity index (χ4n) is 9.06. The number of nitrogen functional groups attached to an aromatic ring is 1. The number of rotatable bonds is 21. The van der Waals surface area contributed by atoms with Crippen LogP contribution >= 0.6 is 0 Å². The molecule has 0 radical (unpaired) electrons. The highest BCUT2D eigenvalue weighted by atomic mass is 28.3. The number of ether oxygens (including phenoxy) is 7. The smallest absolute Gasteiger partial charge is 0.260 e. The SMILES string of the molecule is COc1ccc(C2=CN3C(=O)c4cc(OC)c(OCCCOc5cc6c(cc5OC)C(=O)N5C=C(c7ccc(N)cc7)C[C@H]5C(=O)N6COCC[Si](C)(C)C)cc4N(COCC[Si](C)(C)C)C(=O)[C@@H]3C2)cc1F. The van der Waals surface area contributed by atoms with E-state index in [0.717, 1.165) is 23.2 Å². The van der Waals surface area contributed by atoms with Crippen LogP contribution in [0.2, 0.25) is 51.4 Å². The van der Waals surface area contributed by atoms with Crippen LogP contribution in [0.25, 0.3) is 11.1 Å². The molecule has 4 aliphatic rings. The Morgan fingerprint density at radius 1 is 0.562 bits per heavy atom. The van der Waals surface area contributed by atoms with E-state index < -0.39 is 40.0 Å². The topological polar surface area (TPSA) is 172 Å². The summed E-state index contributed by atoms with van der Waals surface area (Å²) in [6, 6.07) is 18.4. The van der Waals surface area contributed by atoms with Crippen molar-refractivity contribution in [3.8, 4) is 28.7 Å². The van der Waals surface area contributed by atoms with Gasteiger partial charge in [-0.2, -0.15) is 0 Å². The minimum atomic E-state index is -1.48. The lowest BCUT2D eigenvalue weighted by atomic mass is 10.0. The molecule has 16 nitrogen and oxygen atoms in total. The van der Waals surface area contributed by atoms with Crippen molar-refractivity contribution in [2.75, 3.05) is 76.8 Å². The highest BCUT2D eigenvalue weighted by Crippen LogP contribution is 2.44. The number of nitrogens with zero attached hydrogens (tertiary/aromatic N) is 4. The fourth-order valence-corrected chi connectivity index (χ4v) is 10.6. The third-order valence-electron chi connectivity index (χ3n) is 13.3. The lowest BCUT2D eigenvalue weighted by Crippen LogP contribution is -2.45. The second-order valence-electron chi connectivity index (χ2n) is 21.0. The van der Waals surface area contributed by atoms with Crippen LogP contribution in [-0.4, -0.2) is 123 Å². The first-order valence-corrected chi connectivity index (χ1v) is 31.9. The van der Waals surface area contributed by atoms with Gasteiger partial charge in [-0.25, -0.2) is 4.39 Å². The van der Waals surface area contributed by atoms with Gasteiger partial charge >= 0.3 is 0 Å². The van der Waals surface area contributed by atoms with Crippen LogP contribution in [0.4, 0.5) is 21.5 Å². The number of hydrogen-bond acceptors (Lipinski definition) is 12. The maximum atomic E-state index is 14.8. The number of benzene rings is 4. The fraction of sp³-hybridized carbons (Fsp3) is 0.407. The predicted molar refractivity (Wildman–Crippen MR) is 283 cm³/mol. The van der Waals surface area contributed by atoms with E-state index in [1.807, 2.05) is 12.1 Å². The van der Waals surface area contributed by atoms with Crippen molar-refractivity contribution in [2.45, 2.75) is 82.7 Å². The van der Waals surface area contributed by atoms with Crippen molar-refractivity contribution in [1.29, 1.82) is 0 Å². The van der Waals surface area contributed by atoms with Gasteiger partial charge in [0.25, 0.3) is 23.6 Å². The molecule has 19 heteroatoms. The van der Waals surface area contributed by atoms with Crippen LogP contribution < -0.4 is 39.2 Å². The van der Waals surface area contributed by atoms with Gasteiger partial charge in [0.1, 0.15) is 25.5 Å². The van der Waals surface area contributed by atoms with E-state index in [2.05, 4.69) is 39.3 Å². The molecule has 4 aromatic carbocycles. The Labute approximate surface area is 428 Å². The van der Waals surface area contributed by atoms with Gasteiger partial charge in [0.2, 0.25) is 0 Å². The summed E-state index contributed by atoms with van der Waals surface area (Å²) >= 11 is 0.